The Morgan fingerprint density at radius 3 is 2.66 bits per heavy atom. The molecule has 4 rings (SSSR count). The van der Waals surface area contributed by atoms with Gasteiger partial charge in [0.1, 0.15) is 25.0 Å². The summed E-state index contributed by atoms with van der Waals surface area (Å²) in [6.07, 6.45) is 3.01. The van der Waals surface area contributed by atoms with Gasteiger partial charge in [-0.25, -0.2) is 13.4 Å². The van der Waals surface area contributed by atoms with Crippen LogP contribution in [-0.2, 0) is 21.4 Å². The van der Waals surface area contributed by atoms with Crippen LogP contribution in [0.3, 0.4) is 0 Å². The molecule has 1 aliphatic rings. The first-order valence-corrected chi connectivity index (χ1v) is 10.3. The van der Waals surface area contributed by atoms with Crippen molar-refractivity contribution in [1.29, 1.82) is 0 Å². The lowest BCUT2D eigenvalue weighted by Gasteiger charge is -2.18. The van der Waals surface area contributed by atoms with Crippen molar-refractivity contribution in [2.24, 2.45) is 4.99 Å². The van der Waals surface area contributed by atoms with E-state index in [1.807, 2.05) is 30.3 Å². The van der Waals surface area contributed by atoms with Crippen LogP contribution < -0.4 is 10.0 Å². The van der Waals surface area contributed by atoms with Crippen LogP contribution in [0.15, 0.2) is 77.1 Å². The van der Waals surface area contributed by atoms with Crippen LogP contribution in [0.25, 0.3) is 0 Å². The topological polar surface area (TPSA) is 118 Å². The number of hydrogen-bond acceptors (Lipinski definition) is 6. The minimum atomic E-state index is -3.63. The number of benzene rings is 2. The first-order chi connectivity index (χ1) is 14.0. The van der Waals surface area contributed by atoms with Crippen molar-refractivity contribution in [3.8, 4) is 0 Å². The molecule has 3 aromatic rings. The number of amides is 1. The molecule has 29 heavy (non-hydrogen) atoms. The van der Waals surface area contributed by atoms with Gasteiger partial charge in [0, 0.05) is 5.56 Å². The molecular formula is C19H18N6O3S. The number of nitrogens with one attached hydrogen (secondary N) is 2. The molecule has 2 N–H and O–H groups in total. The normalized spacial score (nSPS) is 16.8. The molecule has 1 atom stereocenters. The summed E-state index contributed by atoms with van der Waals surface area (Å²) < 4.78 is 28.3. The third-order valence-corrected chi connectivity index (χ3v) is 5.81. The average Bonchev–Trinajstić information content (AvgIpc) is 3.33. The summed E-state index contributed by atoms with van der Waals surface area (Å²) in [7, 11) is -3.63. The van der Waals surface area contributed by atoms with Crippen LogP contribution in [0.4, 0.5) is 0 Å². The van der Waals surface area contributed by atoms with Crippen LogP contribution in [0, 0.1) is 0 Å². The number of sulfonamides is 1. The van der Waals surface area contributed by atoms with E-state index in [1.54, 1.807) is 29.2 Å². The molecule has 0 aliphatic carbocycles. The Morgan fingerprint density at radius 2 is 1.90 bits per heavy atom. The van der Waals surface area contributed by atoms with Crippen molar-refractivity contribution in [3.05, 3.63) is 78.4 Å². The largest absolute Gasteiger partial charge is 0.346 e. The number of aliphatic imine (C=N–C) groups is 1. The van der Waals surface area contributed by atoms with Crippen molar-refractivity contribution >= 4 is 21.8 Å². The van der Waals surface area contributed by atoms with Gasteiger partial charge >= 0.3 is 0 Å². The zero-order valence-corrected chi connectivity index (χ0v) is 16.1. The number of hydrogen-bond donors (Lipinski definition) is 2. The summed E-state index contributed by atoms with van der Waals surface area (Å²) in [4.78, 5) is 20.8. The maximum absolute atomic E-state index is 12.5. The lowest BCUT2D eigenvalue weighted by molar-refractivity contribution is -0.120. The molecule has 0 fully saturated rings. The monoisotopic (exact) mass is 410 g/mol. The first-order valence-electron chi connectivity index (χ1n) is 8.86. The van der Waals surface area contributed by atoms with E-state index in [1.165, 1.54) is 12.4 Å². The molecular weight excluding hydrogens is 392 g/mol. The van der Waals surface area contributed by atoms with Crippen LogP contribution in [-0.4, -0.2) is 41.5 Å². The van der Waals surface area contributed by atoms with E-state index in [-0.39, 0.29) is 29.2 Å². The van der Waals surface area contributed by atoms with E-state index in [0.717, 1.165) is 5.56 Å². The van der Waals surface area contributed by atoms with Crippen LogP contribution >= 0.6 is 0 Å². The Balaban J connectivity index is 1.50. The predicted molar refractivity (Wildman–Crippen MR) is 106 cm³/mol. The molecule has 0 saturated heterocycles. The zero-order chi connectivity index (χ0) is 20.3. The molecule has 9 nitrogen and oxygen atoms in total. The standard InChI is InChI=1S/C19H18N6O3S/c26-18(10-21-19-15-8-4-5-9-17(15)29(27,28)24-19)23-16(11-25-13-20-12-22-25)14-6-2-1-3-7-14/h1-9,12-13,16H,10-11H2,(H,21,24)(H,23,26). The van der Waals surface area contributed by atoms with E-state index in [2.05, 4.69) is 25.1 Å². The molecule has 2 aromatic carbocycles. The summed E-state index contributed by atoms with van der Waals surface area (Å²) in [6.45, 7) is 0.189. The predicted octanol–water partition coefficient (Wildman–Crippen LogP) is 0.874. The summed E-state index contributed by atoms with van der Waals surface area (Å²) in [5, 5.41) is 7.02. The van der Waals surface area contributed by atoms with E-state index in [0.29, 0.717) is 12.1 Å². The van der Waals surface area contributed by atoms with Gasteiger partial charge in [-0.3, -0.25) is 19.2 Å². The highest BCUT2D eigenvalue weighted by molar-refractivity contribution is 7.90. The maximum Gasteiger partial charge on any atom is 0.263 e. The molecule has 10 heteroatoms. The quantitative estimate of drug-likeness (QED) is 0.625. The molecule has 0 bridgehead atoms. The van der Waals surface area contributed by atoms with Crippen molar-refractivity contribution in [3.63, 3.8) is 0 Å². The van der Waals surface area contributed by atoms with Crippen molar-refractivity contribution in [1.82, 2.24) is 24.8 Å². The molecule has 1 amide bonds. The van der Waals surface area contributed by atoms with Gasteiger partial charge in [0.15, 0.2) is 0 Å². The highest BCUT2D eigenvalue weighted by Gasteiger charge is 2.30. The Labute approximate surface area is 167 Å². The zero-order valence-electron chi connectivity index (χ0n) is 15.3. The lowest BCUT2D eigenvalue weighted by Crippen LogP contribution is -2.34. The molecule has 0 radical (unpaired) electrons. The van der Waals surface area contributed by atoms with Gasteiger partial charge in [-0.15, -0.1) is 0 Å². The molecule has 1 unspecified atom stereocenters. The number of nitrogens with zero attached hydrogens (tertiary/aromatic N) is 4. The fraction of sp³-hybridized carbons (Fsp3) is 0.158. The molecule has 1 aliphatic heterocycles. The number of amidine groups is 1. The number of carbonyl (C=O) groups excluding carboxylic acids is 1. The maximum atomic E-state index is 12.5. The van der Waals surface area contributed by atoms with E-state index >= 15 is 0 Å². The molecule has 0 saturated carbocycles. The summed E-state index contributed by atoms with van der Waals surface area (Å²) in [5.74, 6) is -0.168. The van der Waals surface area contributed by atoms with E-state index in [9.17, 15) is 13.2 Å². The Morgan fingerprint density at radius 1 is 1.14 bits per heavy atom. The van der Waals surface area contributed by atoms with Gasteiger partial charge in [-0.2, -0.15) is 5.10 Å². The van der Waals surface area contributed by atoms with E-state index < -0.39 is 10.0 Å². The minimum Gasteiger partial charge on any atom is -0.346 e. The van der Waals surface area contributed by atoms with Gasteiger partial charge < -0.3 is 5.32 Å². The minimum absolute atomic E-state index is 0.160. The highest BCUT2D eigenvalue weighted by atomic mass is 32.2. The van der Waals surface area contributed by atoms with E-state index in [4.69, 9.17) is 0 Å². The number of carbonyl (C=O) groups is 1. The smallest absolute Gasteiger partial charge is 0.263 e. The second-order valence-electron chi connectivity index (χ2n) is 6.41. The molecule has 0 spiro atoms. The van der Waals surface area contributed by atoms with Crippen LogP contribution in [0.5, 0.6) is 0 Å². The number of rotatable bonds is 6. The summed E-state index contributed by atoms with van der Waals surface area (Å²) in [6, 6.07) is 15.7. The van der Waals surface area contributed by atoms with Gasteiger partial charge in [0.2, 0.25) is 5.91 Å². The third-order valence-electron chi connectivity index (χ3n) is 4.42. The fourth-order valence-electron chi connectivity index (χ4n) is 3.08. The van der Waals surface area contributed by atoms with Gasteiger partial charge in [-0.05, 0) is 17.7 Å². The Kier molecular flexibility index (Phi) is 5.09. The summed E-state index contributed by atoms with van der Waals surface area (Å²) in [5.41, 5.74) is 1.37. The van der Waals surface area contributed by atoms with Crippen LogP contribution in [0.2, 0.25) is 0 Å². The molecule has 2 heterocycles. The average molecular weight is 410 g/mol. The highest BCUT2D eigenvalue weighted by Crippen LogP contribution is 2.22. The fourth-order valence-corrected chi connectivity index (χ4v) is 4.33. The van der Waals surface area contributed by atoms with Crippen molar-refractivity contribution in [2.75, 3.05) is 6.54 Å². The second-order valence-corrected chi connectivity index (χ2v) is 8.07. The molecule has 1 aromatic heterocycles. The Hall–Kier alpha value is -3.53. The molecule has 148 valence electrons. The van der Waals surface area contributed by atoms with Gasteiger partial charge in [0.25, 0.3) is 10.0 Å². The first kappa shape index (κ1) is 18.8. The second kappa shape index (κ2) is 7.84. The number of aromatic nitrogens is 3. The number of fused-ring (bicyclic) bond motifs is 1. The SMILES string of the molecule is O=C(CN=C1NS(=O)(=O)c2ccccc21)NC(Cn1cncn1)c1ccccc1. The van der Waals surface area contributed by atoms with Gasteiger partial charge in [0.05, 0.1) is 17.5 Å². The van der Waals surface area contributed by atoms with Gasteiger partial charge in [-0.1, -0.05) is 42.5 Å². The summed E-state index contributed by atoms with van der Waals surface area (Å²) >= 11 is 0. The van der Waals surface area contributed by atoms with Crippen molar-refractivity contribution < 1.29 is 13.2 Å². The van der Waals surface area contributed by atoms with Crippen LogP contribution in [0.1, 0.15) is 17.2 Å². The third kappa shape index (κ3) is 4.16. The Bertz CT molecular complexity index is 1140. The van der Waals surface area contributed by atoms with Crippen molar-refractivity contribution in [2.45, 2.75) is 17.5 Å². The lowest BCUT2D eigenvalue weighted by atomic mass is 10.1.